The van der Waals surface area contributed by atoms with E-state index in [1.54, 1.807) is 0 Å². The van der Waals surface area contributed by atoms with Crippen molar-refractivity contribution in [1.29, 1.82) is 0 Å². The summed E-state index contributed by atoms with van der Waals surface area (Å²) in [5, 5.41) is 9.52. The van der Waals surface area contributed by atoms with E-state index in [-0.39, 0.29) is 17.3 Å². The Kier molecular flexibility index (Phi) is 4.86. The van der Waals surface area contributed by atoms with Gasteiger partial charge in [-0.2, -0.15) is 0 Å². The standard InChI is InChI=1S/C22H27BrO4/c1-12(24)27-14-4-6-15-13(11-14)3-5-17-16(15)9-10-22(2)18(17)7-8-19(22)20(23)21(25)26/h4,6,11,16-20H,3,5,7-10H2,1-2H3,(H,25,26)/t16-,17-,18+,19-,20?,22+/m1/s1. The Morgan fingerprint density at radius 2 is 2.04 bits per heavy atom. The van der Waals surface area contributed by atoms with Crippen LogP contribution in [0.25, 0.3) is 0 Å². The van der Waals surface area contributed by atoms with Crippen LogP contribution in [0.3, 0.4) is 0 Å². The first-order valence-electron chi connectivity index (χ1n) is 9.99. The molecule has 3 aliphatic rings. The Balaban J connectivity index is 1.60. The molecule has 1 aromatic carbocycles. The number of aliphatic carboxylic acids is 1. The average Bonchev–Trinajstić information content (AvgIpc) is 2.97. The van der Waals surface area contributed by atoms with Crippen molar-refractivity contribution in [2.45, 2.75) is 63.1 Å². The number of carboxylic acid groups (broad SMARTS) is 1. The second-order valence-electron chi connectivity index (χ2n) is 8.84. The molecule has 3 aliphatic carbocycles. The SMILES string of the molecule is CC(=O)Oc1ccc2c(c1)CC[C@@H]1[C@@H]2CC[C@]2(C)[C@@H](C(Br)C(=O)O)CC[C@@H]12. The number of benzene rings is 1. The zero-order valence-corrected chi connectivity index (χ0v) is 17.5. The van der Waals surface area contributed by atoms with Crippen LogP contribution in [0.2, 0.25) is 0 Å². The third kappa shape index (κ3) is 3.12. The van der Waals surface area contributed by atoms with Gasteiger partial charge in [0.25, 0.3) is 0 Å². The van der Waals surface area contributed by atoms with Gasteiger partial charge in [0.2, 0.25) is 0 Å². The Labute approximate surface area is 168 Å². The summed E-state index contributed by atoms with van der Waals surface area (Å²) in [5.74, 6) is 1.64. The minimum absolute atomic E-state index is 0.114. The van der Waals surface area contributed by atoms with Crippen molar-refractivity contribution in [1.82, 2.24) is 0 Å². The molecule has 1 unspecified atom stereocenters. The van der Waals surface area contributed by atoms with E-state index in [9.17, 15) is 14.7 Å². The Hall–Kier alpha value is -1.36. The van der Waals surface area contributed by atoms with Gasteiger partial charge in [0.15, 0.2) is 0 Å². The van der Waals surface area contributed by atoms with Crippen molar-refractivity contribution in [2.75, 3.05) is 0 Å². The number of alkyl halides is 1. The molecule has 0 heterocycles. The first kappa shape index (κ1) is 19.0. The third-order valence-electron chi connectivity index (χ3n) is 7.62. The van der Waals surface area contributed by atoms with Gasteiger partial charge in [-0.25, -0.2) is 0 Å². The quantitative estimate of drug-likeness (QED) is 0.415. The number of carboxylic acids is 1. The van der Waals surface area contributed by atoms with Crippen molar-refractivity contribution in [3.8, 4) is 5.75 Å². The molecule has 0 aromatic heterocycles. The van der Waals surface area contributed by atoms with Gasteiger partial charge in [-0.05, 0) is 90.9 Å². The highest BCUT2D eigenvalue weighted by atomic mass is 79.9. The minimum atomic E-state index is -0.726. The van der Waals surface area contributed by atoms with Crippen molar-refractivity contribution in [3.05, 3.63) is 29.3 Å². The fraction of sp³-hybridized carbons (Fsp3) is 0.636. The molecule has 0 amide bonds. The van der Waals surface area contributed by atoms with Crippen LogP contribution in [-0.4, -0.2) is 21.9 Å². The molecule has 27 heavy (non-hydrogen) atoms. The highest BCUT2D eigenvalue weighted by molar-refractivity contribution is 9.10. The van der Waals surface area contributed by atoms with Gasteiger partial charge in [-0.15, -0.1) is 0 Å². The predicted molar refractivity (Wildman–Crippen MR) is 106 cm³/mol. The molecule has 2 saturated carbocycles. The molecule has 6 atom stereocenters. The molecule has 2 fully saturated rings. The molecule has 4 rings (SSSR count). The lowest BCUT2D eigenvalue weighted by Crippen LogP contribution is -2.45. The predicted octanol–water partition coefficient (Wildman–Crippen LogP) is 4.93. The number of hydrogen-bond donors (Lipinski definition) is 1. The molecular formula is C22H27BrO4. The zero-order valence-electron chi connectivity index (χ0n) is 15.9. The number of ether oxygens (including phenoxy) is 1. The number of carbonyl (C=O) groups is 2. The van der Waals surface area contributed by atoms with E-state index < -0.39 is 10.8 Å². The van der Waals surface area contributed by atoms with Crippen LogP contribution in [0.15, 0.2) is 18.2 Å². The van der Waals surface area contributed by atoms with E-state index in [1.807, 2.05) is 12.1 Å². The van der Waals surface area contributed by atoms with Gasteiger partial charge in [-0.3, -0.25) is 9.59 Å². The van der Waals surface area contributed by atoms with Gasteiger partial charge in [0.05, 0.1) is 0 Å². The summed E-state index contributed by atoms with van der Waals surface area (Å²) in [6, 6.07) is 6.12. The molecule has 1 N–H and O–H groups in total. The lowest BCUT2D eigenvalue weighted by Gasteiger charge is -2.51. The van der Waals surface area contributed by atoms with Crippen LogP contribution < -0.4 is 4.74 Å². The number of esters is 1. The lowest BCUT2D eigenvalue weighted by molar-refractivity contribution is -0.138. The first-order chi connectivity index (χ1) is 12.8. The highest BCUT2D eigenvalue weighted by Gasteiger charge is 2.56. The number of carbonyl (C=O) groups excluding carboxylic acids is 1. The Morgan fingerprint density at radius 1 is 1.26 bits per heavy atom. The van der Waals surface area contributed by atoms with Crippen molar-refractivity contribution >= 4 is 27.9 Å². The maximum atomic E-state index is 11.6. The monoisotopic (exact) mass is 434 g/mol. The molecule has 0 bridgehead atoms. The van der Waals surface area contributed by atoms with Crippen LogP contribution >= 0.6 is 15.9 Å². The summed E-state index contributed by atoms with van der Waals surface area (Å²) in [5.41, 5.74) is 2.85. The largest absolute Gasteiger partial charge is 0.480 e. The second-order valence-corrected chi connectivity index (χ2v) is 9.82. The average molecular weight is 435 g/mol. The van der Waals surface area contributed by atoms with Crippen LogP contribution in [0.4, 0.5) is 0 Å². The van der Waals surface area contributed by atoms with Crippen LogP contribution in [0, 0.1) is 23.2 Å². The molecule has 0 saturated heterocycles. The van der Waals surface area contributed by atoms with E-state index in [0.717, 1.165) is 38.5 Å². The number of rotatable bonds is 3. The molecule has 5 heteroatoms. The Bertz CT molecular complexity index is 776. The molecule has 0 spiro atoms. The first-order valence-corrected chi connectivity index (χ1v) is 10.9. The van der Waals surface area contributed by atoms with E-state index >= 15 is 0 Å². The number of halogens is 1. The van der Waals surface area contributed by atoms with Crippen LogP contribution in [0.5, 0.6) is 5.75 Å². The molecule has 1 aromatic rings. The second kappa shape index (κ2) is 6.91. The summed E-state index contributed by atoms with van der Waals surface area (Å²) in [4.78, 5) is 22.4. The fourth-order valence-corrected chi connectivity index (χ4v) is 7.35. The van der Waals surface area contributed by atoms with Gasteiger partial charge in [0, 0.05) is 6.92 Å². The highest BCUT2D eigenvalue weighted by Crippen LogP contribution is 2.64. The van der Waals surface area contributed by atoms with E-state index in [1.165, 1.54) is 18.1 Å². The topological polar surface area (TPSA) is 63.6 Å². The molecule has 4 nitrogen and oxygen atoms in total. The number of hydrogen-bond acceptors (Lipinski definition) is 3. The lowest BCUT2D eigenvalue weighted by atomic mass is 9.54. The third-order valence-corrected chi connectivity index (χ3v) is 8.65. The van der Waals surface area contributed by atoms with Crippen LogP contribution in [-0.2, 0) is 16.0 Å². The number of aryl methyl sites for hydroxylation is 1. The fourth-order valence-electron chi connectivity index (χ4n) is 6.48. The van der Waals surface area contributed by atoms with Gasteiger partial charge in [-0.1, -0.05) is 28.9 Å². The summed E-state index contributed by atoms with van der Waals surface area (Å²) in [6.07, 6.45) is 6.51. The van der Waals surface area contributed by atoms with Gasteiger partial charge >= 0.3 is 11.9 Å². The maximum absolute atomic E-state index is 11.6. The minimum Gasteiger partial charge on any atom is -0.480 e. The van der Waals surface area contributed by atoms with Crippen molar-refractivity contribution < 1.29 is 19.4 Å². The van der Waals surface area contributed by atoms with E-state index in [0.29, 0.717) is 23.5 Å². The van der Waals surface area contributed by atoms with Crippen molar-refractivity contribution in [3.63, 3.8) is 0 Å². The molecule has 0 aliphatic heterocycles. The molecule has 0 radical (unpaired) electrons. The Morgan fingerprint density at radius 3 is 2.74 bits per heavy atom. The van der Waals surface area contributed by atoms with Gasteiger partial charge < -0.3 is 9.84 Å². The summed E-state index contributed by atoms with van der Waals surface area (Å²) < 4.78 is 5.26. The smallest absolute Gasteiger partial charge is 0.317 e. The number of fused-ring (bicyclic) bond motifs is 5. The molecule has 146 valence electrons. The summed E-state index contributed by atoms with van der Waals surface area (Å²) in [6.45, 7) is 3.77. The van der Waals surface area contributed by atoms with Gasteiger partial charge in [0.1, 0.15) is 10.6 Å². The normalized spacial score (nSPS) is 35.5. The maximum Gasteiger partial charge on any atom is 0.317 e. The summed E-state index contributed by atoms with van der Waals surface area (Å²) in [7, 11) is 0. The van der Waals surface area contributed by atoms with E-state index in [4.69, 9.17) is 4.74 Å². The summed E-state index contributed by atoms with van der Waals surface area (Å²) >= 11 is 3.47. The van der Waals surface area contributed by atoms with E-state index in [2.05, 4.69) is 28.9 Å². The van der Waals surface area contributed by atoms with Crippen molar-refractivity contribution in [2.24, 2.45) is 23.2 Å². The molecular weight excluding hydrogens is 408 g/mol. The zero-order chi connectivity index (χ0) is 19.3. The van der Waals surface area contributed by atoms with Crippen LogP contribution in [0.1, 0.15) is 63.0 Å².